The minimum atomic E-state index is -0.395. The molecule has 0 radical (unpaired) electrons. The fourth-order valence-electron chi connectivity index (χ4n) is 2.86. The summed E-state index contributed by atoms with van der Waals surface area (Å²) in [6, 6.07) is 6.69. The number of rotatable bonds is 4. The summed E-state index contributed by atoms with van der Waals surface area (Å²) in [5, 5.41) is 22.1. The third kappa shape index (κ3) is 4.26. The van der Waals surface area contributed by atoms with Gasteiger partial charge in [0.05, 0.1) is 7.11 Å². The SMILES string of the molecule is COc1ccc(O)c(C=C(C#N)C(=O)NC2CCCCC2C)c1. The van der Waals surface area contributed by atoms with Crippen molar-refractivity contribution in [2.45, 2.75) is 38.6 Å². The first-order chi connectivity index (χ1) is 11.0. The van der Waals surface area contributed by atoms with Crippen LogP contribution in [0.25, 0.3) is 6.08 Å². The van der Waals surface area contributed by atoms with Gasteiger partial charge >= 0.3 is 0 Å². The molecule has 0 aromatic heterocycles. The van der Waals surface area contributed by atoms with Gasteiger partial charge in [0.1, 0.15) is 23.1 Å². The summed E-state index contributed by atoms with van der Waals surface area (Å²) in [5.41, 5.74) is 0.360. The van der Waals surface area contributed by atoms with Gasteiger partial charge in [-0.2, -0.15) is 5.26 Å². The van der Waals surface area contributed by atoms with Crippen LogP contribution in [0.1, 0.15) is 38.2 Å². The molecule has 1 aliphatic rings. The molecule has 1 aliphatic carbocycles. The highest BCUT2D eigenvalue weighted by Gasteiger charge is 2.24. The maximum atomic E-state index is 12.3. The summed E-state index contributed by atoms with van der Waals surface area (Å²) >= 11 is 0. The second-order valence-corrected chi connectivity index (χ2v) is 5.94. The molecule has 0 bridgehead atoms. The molecule has 2 N–H and O–H groups in total. The molecule has 1 amide bonds. The van der Waals surface area contributed by atoms with Crippen molar-refractivity contribution >= 4 is 12.0 Å². The smallest absolute Gasteiger partial charge is 0.262 e. The molecule has 0 spiro atoms. The lowest BCUT2D eigenvalue weighted by Crippen LogP contribution is -2.41. The Kier molecular flexibility index (Phi) is 5.64. The first-order valence-electron chi connectivity index (χ1n) is 7.84. The van der Waals surface area contributed by atoms with E-state index in [0.717, 1.165) is 19.3 Å². The number of hydrogen-bond donors (Lipinski definition) is 2. The number of hydrogen-bond acceptors (Lipinski definition) is 4. The quantitative estimate of drug-likeness (QED) is 0.661. The average molecular weight is 314 g/mol. The van der Waals surface area contributed by atoms with Gasteiger partial charge in [-0.05, 0) is 43.0 Å². The van der Waals surface area contributed by atoms with Gasteiger partial charge in [-0.15, -0.1) is 0 Å². The molecule has 0 aliphatic heterocycles. The van der Waals surface area contributed by atoms with Crippen molar-refractivity contribution in [3.05, 3.63) is 29.3 Å². The third-order valence-corrected chi connectivity index (χ3v) is 4.33. The van der Waals surface area contributed by atoms with Crippen LogP contribution in [-0.2, 0) is 4.79 Å². The van der Waals surface area contributed by atoms with Crippen molar-refractivity contribution in [3.63, 3.8) is 0 Å². The first-order valence-corrected chi connectivity index (χ1v) is 7.84. The molecule has 5 heteroatoms. The molecule has 2 unspecified atom stereocenters. The Morgan fingerprint density at radius 1 is 1.43 bits per heavy atom. The predicted molar refractivity (Wildman–Crippen MR) is 87.8 cm³/mol. The van der Waals surface area contributed by atoms with Gasteiger partial charge in [0.25, 0.3) is 5.91 Å². The summed E-state index contributed by atoms with van der Waals surface area (Å²) in [7, 11) is 1.52. The van der Waals surface area contributed by atoms with E-state index in [1.165, 1.54) is 25.7 Å². The molecule has 2 rings (SSSR count). The largest absolute Gasteiger partial charge is 0.507 e. The monoisotopic (exact) mass is 314 g/mol. The average Bonchev–Trinajstić information content (AvgIpc) is 2.56. The van der Waals surface area contributed by atoms with Crippen LogP contribution >= 0.6 is 0 Å². The molecule has 0 heterocycles. The molecule has 1 fully saturated rings. The van der Waals surface area contributed by atoms with Crippen LogP contribution in [0.4, 0.5) is 0 Å². The number of methoxy groups -OCH3 is 1. The van der Waals surface area contributed by atoms with Gasteiger partial charge in [-0.1, -0.05) is 19.8 Å². The summed E-state index contributed by atoms with van der Waals surface area (Å²) < 4.78 is 5.10. The van der Waals surface area contributed by atoms with E-state index in [9.17, 15) is 15.2 Å². The Morgan fingerprint density at radius 3 is 2.83 bits per heavy atom. The molecule has 0 saturated heterocycles. The predicted octanol–water partition coefficient (Wildman–Crippen LogP) is 3.00. The molecule has 1 saturated carbocycles. The van der Waals surface area contributed by atoms with E-state index in [1.807, 2.05) is 6.07 Å². The molecular weight excluding hydrogens is 292 g/mol. The lowest BCUT2D eigenvalue weighted by Gasteiger charge is -2.29. The zero-order valence-corrected chi connectivity index (χ0v) is 13.5. The lowest BCUT2D eigenvalue weighted by molar-refractivity contribution is -0.118. The van der Waals surface area contributed by atoms with Crippen molar-refractivity contribution in [3.8, 4) is 17.6 Å². The van der Waals surface area contributed by atoms with E-state index in [0.29, 0.717) is 17.2 Å². The van der Waals surface area contributed by atoms with Gasteiger partial charge in [0.2, 0.25) is 0 Å². The Morgan fingerprint density at radius 2 is 2.17 bits per heavy atom. The highest BCUT2D eigenvalue weighted by atomic mass is 16.5. The number of amides is 1. The fourth-order valence-corrected chi connectivity index (χ4v) is 2.86. The molecule has 5 nitrogen and oxygen atoms in total. The molecule has 1 aromatic rings. The minimum Gasteiger partial charge on any atom is -0.507 e. The van der Waals surface area contributed by atoms with Crippen molar-refractivity contribution in [1.82, 2.24) is 5.32 Å². The highest BCUT2D eigenvalue weighted by Crippen LogP contribution is 2.26. The van der Waals surface area contributed by atoms with Crippen LogP contribution in [0.15, 0.2) is 23.8 Å². The molecular formula is C18H22N2O3. The zero-order valence-electron chi connectivity index (χ0n) is 13.5. The number of carbonyl (C=O) groups is 1. The van der Waals surface area contributed by atoms with Gasteiger partial charge in [0.15, 0.2) is 0 Å². The normalized spacial score (nSPS) is 21.3. The topological polar surface area (TPSA) is 82.3 Å². The minimum absolute atomic E-state index is 0.00242. The Balaban J connectivity index is 2.18. The number of ether oxygens (including phenoxy) is 1. The highest BCUT2D eigenvalue weighted by molar-refractivity contribution is 6.02. The Bertz CT molecular complexity index is 646. The van der Waals surface area contributed by atoms with Crippen molar-refractivity contribution in [2.24, 2.45) is 5.92 Å². The standard InChI is InChI=1S/C18H22N2O3/c1-12-5-3-4-6-16(12)20-18(22)14(11-19)9-13-10-15(23-2)7-8-17(13)21/h7-10,12,16,21H,3-6H2,1-2H3,(H,20,22). The molecule has 23 heavy (non-hydrogen) atoms. The number of nitrogens with one attached hydrogen (secondary N) is 1. The van der Waals surface area contributed by atoms with E-state index in [2.05, 4.69) is 12.2 Å². The second-order valence-electron chi connectivity index (χ2n) is 5.94. The zero-order chi connectivity index (χ0) is 16.8. The number of phenolic OH excluding ortho intramolecular Hbond substituents is 1. The van der Waals surface area contributed by atoms with Gasteiger partial charge in [-0.25, -0.2) is 0 Å². The molecule has 1 aromatic carbocycles. The van der Waals surface area contributed by atoms with Crippen LogP contribution in [0, 0.1) is 17.2 Å². The Hall–Kier alpha value is -2.48. The van der Waals surface area contributed by atoms with E-state index >= 15 is 0 Å². The Labute approximate surface area is 136 Å². The molecule has 2 atom stereocenters. The van der Waals surface area contributed by atoms with Crippen molar-refractivity contribution in [2.75, 3.05) is 7.11 Å². The van der Waals surface area contributed by atoms with Crippen LogP contribution in [0.3, 0.4) is 0 Å². The number of aromatic hydroxyl groups is 1. The number of nitrogens with zero attached hydrogens (tertiary/aromatic N) is 1. The number of phenols is 1. The number of benzene rings is 1. The van der Waals surface area contributed by atoms with E-state index in [-0.39, 0.29) is 17.4 Å². The van der Waals surface area contributed by atoms with Gasteiger partial charge < -0.3 is 15.2 Å². The number of carbonyl (C=O) groups excluding carboxylic acids is 1. The van der Waals surface area contributed by atoms with Crippen LogP contribution in [0.2, 0.25) is 0 Å². The lowest BCUT2D eigenvalue weighted by atomic mass is 9.86. The number of nitriles is 1. The second kappa shape index (κ2) is 7.68. The van der Waals surface area contributed by atoms with E-state index < -0.39 is 5.91 Å². The van der Waals surface area contributed by atoms with E-state index in [4.69, 9.17) is 4.74 Å². The summed E-state index contributed by atoms with van der Waals surface area (Å²) in [6.07, 6.45) is 5.70. The van der Waals surface area contributed by atoms with Crippen LogP contribution in [0.5, 0.6) is 11.5 Å². The van der Waals surface area contributed by atoms with Crippen LogP contribution in [-0.4, -0.2) is 24.2 Å². The summed E-state index contributed by atoms with van der Waals surface area (Å²) in [5.74, 6) is 0.566. The van der Waals surface area contributed by atoms with Gasteiger partial charge in [-0.3, -0.25) is 4.79 Å². The van der Waals surface area contributed by atoms with Crippen molar-refractivity contribution in [1.29, 1.82) is 5.26 Å². The third-order valence-electron chi connectivity index (χ3n) is 4.33. The maximum absolute atomic E-state index is 12.3. The molecule has 122 valence electrons. The van der Waals surface area contributed by atoms with Crippen molar-refractivity contribution < 1.29 is 14.6 Å². The maximum Gasteiger partial charge on any atom is 0.262 e. The summed E-state index contributed by atoms with van der Waals surface area (Å²) in [4.78, 5) is 12.3. The fraction of sp³-hybridized carbons (Fsp3) is 0.444. The first kappa shape index (κ1) is 16.9. The summed E-state index contributed by atoms with van der Waals surface area (Å²) in [6.45, 7) is 2.12. The van der Waals surface area contributed by atoms with Crippen LogP contribution < -0.4 is 10.1 Å². The van der Waals surface area contributed by atoms with Gasteiger partial charge in [0, 0.05) is 11.6 Å². The van der Waals surface area contributed by atoms with E-state index in [1.54, 1.807) is 12.1 Å².